The zero-order chi connectivity index (χ0) is 28.6. The SMILES string of the molecule is CC(=O)N(O)CCCCCNC(=O)CCC(=O)N(O)CCCCCNC(=O)CCC([O-])=NCCCCCN. The Morgan fingerprint density at radius 3 is 1.82 bits per heavy atom. The minimum Gasteiger partial charge on any atom is -0.862 e. The van der Waals surface area contributed by atoms with E-state index >= 15 is 0 Å². The number of hydrogen-bond acceptors (Lipinski definition) is 9. The van der Waals surface area contributed by atoms with Crippen molar-refractivity contribution in [2.45, 2.75) is 90.4 Å². The number of carbonyl (C=O) groups excluding carboxylic acids is 4. The second-order valence-corrected chi connectivity index (χ2v) is 9.11. The summed E-state index contributed by atoms with van der Waals surface area (Å²) in [5.74, 6) is -1.71. The molecule has 0 heterocycles. The molecule has 0 aromatic rings. The van der Waals surface area contributed by atoms with Crippen molar-refractivity contribution in [2.24, 2.45) is 10.7 Å². The summed E-state index contributed by atoms with van der Waals surface area (Å²) in [6, 6.07) is 0. The molecule has 13 heteroatoms. The van der Waals surface area contributed by atoms with Gasteiger partial charge in [0.25, 0.3) is 0 Å². The highest BCUT2D eigenvalue weighted by Crippen LogP contribution is 2.02. The maximum atomic E-state index is 12.0. The Morgan fingerprint density at radius 2 is 1.26 bits per heavy atom. The number of hydrogen-bond donors (Lipinski definition) is 5. The maximum Gasteiger partial charge on any atom is 0.246 e. The number of carbonyl (C=O) groups is 4. The molecule has 0 radical (unpaired) electrons. The topological polar surface area (TPSA) is 201 Å². The minimum atomic E-state index is -0.532. The third-order valence-electron chi connectivity index (χ3n) is 5.67. The van der Waals surface area contributed by atoms with Crippen LogP contribution in [0, 0.1) is 0 Å². The van der Waals surface area contributed by atoms with Crippen molar-refractivity contribution in [3.8, 4) is 0 Å². The Bertz CT molecular complexity index is 720. The molecule has 0 bridgehead atoms. The number of rotatable bonds is 23. The number of amides is 4. The smallest absolute Gasteiger partial charge is 0.246 e. The molecule has 0 saturated heterocycles. The number of unbranched alkanes of at least 4 members (excludes halogenated alkanes) is 6. The van der Waals surface area contributed by atoms with Crippen molar-refractivity contribution in [2.75, 3.05) is 39.3 Å². The van der Waals surface area contributed by atoms with Gasteiger partial charge in [-0.2, -0.15) is 0 Å². The lowest BCUT2D eigenvalue weighted by Crippen LogP contribution is -2.31. The third kappa shape index (κ3) is 21.3. The minimum absolute atomic E-state index is 0.0270. The number of nitrogens with two attached hydrogens (primary N) is 1. The molecular formula is C25H47N6O7-. The van der Waals surface area contributed by atoms with Crippen molar-refractivity contribution < 1.29 is 34.7 Å². The van der Waals surface area contributed by atoms with Gasteiger partial charge in [0.1, 0.15) is 0 Å². The standard InChI is InChI=1S/C25H48N6O7/c1-21(32)30(37)19-9-3-7-18-29-24(35)13-14-25(36)31(38)20-10-4-8-17-28-23(34)12-11-22(33)27-16-6-2-5-15-26/h37-38H,2-20,26H2,1H3,(H,27,33)(H,28,34)(H,29,35)/p-1. The van der Waals surface area contributed by atoms with Gasteiger partial charge in [-0.05, 0) is 70.2 Å². The molecule has 13 nitrogen and oxygen atoms in total. The summed E-state index contributed by atoms with van der Waals surface area (Å²) in [6.07, 6.45) is 6.65. The fraction of sp³-hybridized carbons (Fsp3) is 0.800. The lowest BCUT2D eigenvalue weighted by molar-refractivity contribution is -0.219. The van der Waals surface area contributed by atoms with Crippen LogP contribution < -0.4 is 21.5 Å². The lowest BCUT2D eigenvalue weighted by Gasteiger charge is -2.15. The van der Waals surface area contributed by atoms with Gasteiger partial charge in [0.15, 0.2) is 0 Å². The van der Waals surface area contributed by atoms with Gasteiger partial charge in [0.2, 0.25) is 23.6 Å². The molecule has 0 aromatic carbocycles. The van der Waals surface area contributed by atoms with Crippen molar-refractivity contribution in [3.63, 3.8) is 0 Å². The molecule has 38 heavy (non-hydrogen) atoms. The lowest BCUT2D eigenvalue weighted by atomic mass is 10.2. The predicted octanol–water partition coefficient (Wildman–Crippen LogP) is 0.463. The molecule has 0 spiro atoms. The van der Waals surface area contributed by atoms with E-state index in [-0.39, 0.29) is 56.5 Å². The second kappa shape index (κ2) is 23.4. The molecule has 0 fully saturated rings. The molecule has 0 unspecified atom stereocenters. The van der Waals surface area contributed by atoms with E-state index in [1.54, 1.807) is 0 Å². The van der Waals surface area contributed by atoms with Crippen LogP contribution in [0.3, 0.4) is 0 Å². The first-order valence-electron chi connectivity index (χ1n) is 13.6. The molecule has 6 N–H and O–H groups in total. The van der Waals surface area contributed by atoms with Gasteiger partial charge in [-0.15, -0.1) is 0 Å². The van der Waals surface area contributed by atoms with E-state index in [0.717, 1.165) is 25.7 Å². The van der Waals surface area contributed by atoms with Crippen LogP contribution in [-0.2, 0) is 19.2 Å². The van der Waals surface area contributed by atoms with Gasteiger partial charge >= 0.3 is 0 Å². The molecular weight excluding hydrogens is 496 g/mol. The molecule has 0 aliphatic rings. The zero-order valence-electron chi connectivity index (χ0n) is 22.8. The van der Waals surface area contributed by atoms with Crippen LogP contribution in [0.4, 0.5) is 0 Å². The Labute approximate surface area is 225 Å². The van der Waals surface area contributed by atoms with Crippen LogP contribution in [0.25, 0.3) is 0 Å². The van der Waals surface area contributed by atoms with Gasteiger partial charge in [-0.25, -0.2) is 10.1 Å². The molecule has 0 aliphatic heterocycles. The Balaban J connectivity index is 3.72. The van der Waals surface area contributed by atoms with E-state index in [1.807, 2.05) is 0 Å². The highest BCUT2D eigenvalue weighted by molar-refractivity contribution is 5.83. The quantitative estimate of drug-likeness (QED) is 0.0402. The Hall–Kier alpha value is -2.77. The van der Waals surface area contributed by atoms with Gasteiger partial charge in [-0.3, -0.25) is 29.6 Å². The van der Waals surface area contributed by atoms with Crippen LogP contribution in [-0.4, -0.2) is 89.3 Å². The van der Waals surface area contributed by atoms with Gasteiger partial charge in [0.05, 0.1) is 0 Å². The van der Waals surface area contributed by atoms with Crippen molar-refractivity contribution in [3.05, 3.63) is 0 Å². The van der Waals surface area contributed by atoms with E-state index in [9.17, 15) is 34.7 Å². The summed E-state index contributed by atoms with van der Waals surface area (Å²) in [7, 11) is 0. The van der Waals surface area contributed by atoms with Crippen molar-refractivity contribution >= 4 is 29.5 Å². The summed E-state index contributed by atoms with van der Waals surface area (Å²) in [5.41, 5.74) is 5.40. The van der Waals surface area contributed by atoms with Gasteiger partial charge in [-0.1, -0.05) is 6.42 Å². The highest BCUT2D eigenvalue weighted by atomic mass is 16.5. The summed E-state index contributed by atoms with van der Waals surface area (Å²) in [5, 5.41) is 37.5. The number of nitrogens with one attached hydrogen (secondary N) is 2. The van der Waals surface area contributed by atoms with Crippen molar-refractivity contribution in [1.82, 2.24) is 20.8 Å². The normalized spacial score (nSPS) is 11.2. The molecule has 4 amide bonds. The average molecular weight is 544 g/mol. The fourth-order valence-corrected chi connectivity index (χ4v) is 3.33. The largest absolute Gasteiger partial charge is 0.862 e. The van der Waals surface area contributed by atoms with Crippen LogP contribution in [0.2, 0.25) is 0 Å². The Morgan fingerprint density at radius 1 is 0.737 bits per heavy atom. The van der Waals surface area contributed by atoms with E-state index in [4.69, 9.17) is 5.73 Å². The van der Waals surface area contributed by atoms with E-state index in [2.05, 4.69) is 15.6 Å². The monoisotopic (exact) mass is 543 g/mol. The van der Waals surface area contributed by atoms with Crippen molar-refractivity contribution in [1.29, 1.82) is 0 Å². The summed E-state index contributed by atoms with van der Waals surface area (Å²) in [4.78, 5) is 50.4. The third-order valence-corrected chi connectivity index (χ3v) is 5.67. The average Bonchev–Trinajstić information content (AvgIpc) is 2.89. The van der Waals surface area contributed by atoms with E-state index in [1.165, 1.54) is 6.92 Å². The van der Waals surface area contributed by atoms with Crippen LogP contribution in [0.5, 0.6) is 0 Å². The first-order valence-corrected chi connectivity index (χ1v) is 13.6. The zero-order valence-corrected chi connectivity index (χ0v) is 22.8. The summed E-state index contributed by atoms with van der Waals surface area (Å²) in [6.45, 7) is 3.63. The molecule has 0 aromatic heterocycles. The number of aliphatic imine (C=N–C) groups is 1. The molecule has 0 aliphatic carbocycles. The maximum absolute atomic E-state index is 12.0. The highest BCUT2D eigenvalue weighted by Gasteiger charge is 2.13. The Kier molecular flexibility index (Phi) is 21.7. The summed E-state index contributed by atoms with van der Waals surface area (Å²) >= 11 is 0. The fourth-order valence-electron chi connectivity index (χ4n) is 3.33. The molecule has 220 valence electrons. The molecule has 0 atom stereocenters. The molecule has 0 rings (SSSR count). The van der Waals surface area contributed by atoms with Crippen LogP contribution in [0.15, 0.2) is 4.99 Å². The first-order chi connectivity index (χ1) is 18.2. The predicted molar refractivity (Wildman–Crippen MR) is 140 cm³/mol. The van der Waals surface area contributed by atoms with E-state index < -0.39 is 11.8 Å². The summed E-state index contributed by atoms with van der Waals surface area (Å²) < 4.78 is 0. The second-order valence-electron chi connectivity index (χ2n) is 9.11. The van der Waals surface area contributed by atoms with Gasteiger partial charge < -0.3 is 26.5 Å². The van der Waals surface area contributed by atoms with Crippen LogP contribution >= 0.6 is 0 Å². The molecule has 0 saturated carbocycles. The first kappa shape index (κ1) is 35.2. The number of nitrogens with zero attached hydrogens (tertiary/aromatic N) is 3. The number of hydroxylamine groups is 4. The van der Waals surface area contributed by atoms with Crippen LogP contribution in [0.1, 0.15) is 90.4 Å². The van der Waals surface area contributed by atoms with Gasteiger partial charge in [0, 0.05) is 58.9 Å². The van der Waals surface area contributed by atoms with E-state index in [0.29, 0.717) is 68.4 Å².